The Morgan fingerprint density at radius 1 is 1.45 bits per heavy atom. The maximum Gasteiger partial charge on any atom is 0.185 e. The van der Waals surface area contributed by atoms with Gasteiger partial charge >= 0.3 is 0 Å². The highest BCUT2D eigenvalue weighted by Gasteiger charge is 2.32. The van der Waals surface area contributed by atoms with E-state index in [0.29, 0.717) is 17.9 Å². The van der Waals surface area contributed by atoms with Crippen LogP contribution in [0, 0.1) is 11.8 Å². The fourth-order valence-electron chi connectivity index (χ4n) is 2.79. The molecule has 0 amide bonds. The number of likely N-dealkylation sites (N-methyl/N-ethyl adjacent to an activating group) is 1. The van der Waals surface area contributed by atoms with E-state index >= 15 is 0 Å². The highest BCUT2D eigenvalue weighted by Crippen LogP contribution is 2.29. The number of hydrogen-bond donors (Lipinski definition) is 1. The zero-order valence-electron chi connectivity index (χ0n) is 13.4. The minimum Gasteiger partial charge on any atom is -0.346 e. The number of thiazole rings is 1. The van der Waals surface area contributed by atoms with Crippen molar-refractivity contribution in [3.63, 3.8) is 0 Å². The predicted octanol–water partition coefficient (Wildman–Crippen LogP) is 2.28. The van der Waals surface area contributed by atoms with Crippen LogP contribution < -0.4 is 10.2 Å². The molecular formula is C15H28N4S. The molecule has 0 bridgehead atoms. The molecule has 2 rings (SSSR count). The van der Waals surface area contributed by atoms with Gasteiger partial charge in [0.1, 0.15) is 0 Å². The average Bonchev–Trinajstić information content (AvgIpc) is 2.95. The monoisotopic (exact) mass is 296 g/mol. The number of aromatic nitrogens is 1. The van der Waals surface area contributed by atoms with E-state index in [-0.39, 0.29) is 0 Å². The zero-order valence-corrected chi connectivity index (χ0v) is 14.2. The van der Waals surface area contributed by atoms with Crippen molar-refractivity contribution in [1.82, 2.24) is 15.2 Å². The van der Waals surface area contributed by atoms with Gasteiger partial charge in [0.05, 0.1) is 0 Å². The van der Waals surface area contributed by atoms with Gasteiger partial charge in [-0.1, -0.05) is 20.8 Å². The van der Waals surface area contributed by atoms with Gasteiger partial charge in [-0.25, -0.2) is 4.98 Å². The van der Waals surface area contributed by atoms with Gasteiger partial charge in [0.25, 0.3) is 0 Å². The quantitative estimate of drug-likeness (QED) is 0.872. The molecule has 4 nitrogen and oxygen atoms in total. The Morgan fingerprint density at radius 2 is 2.20 bits per heavy atom. The Hall–Kier alpha value is -0.650. The third-order valence-electron chi connectivity index (χ3n) is 3.90. The maximum absolute atomic E-state index is 4.61. The minimum absolute atomic E-state index is 0.640. The number of rotatable bonds is 6. The average molecular weight is 296 g/mol. The summed E-state index contributed by atoms with van der Waals surface area (Å²) in [4.78, 5) is 10.7. The molecule has 5 heteroatoms. The van der Waals surface area contributed by atoms with Crippen molar-refractivity contribution in [3.05, 3.63) is 11.1 Å². The summed E-state index contributed by atoms with van der Waals surface area (Å²) in [6.07, 6.45) is 2.03. The number of hydrogen-bond acceptors (Lipinski definition) is 5. The lowest BCUT2D eigenvalue weighted by atomic mass is 10.1. The molecule has 114 valence electrons. The van der Waals surface area contributed by atoms with E-state index in [1.54, 1.807) is 0 Å². The van der Waals surface area contributed by atoms with Crippen LogP contribution in [0.3, 0.4) is 0 Å². The van der Waals surface area contributed by atoms with E-state index in [1.807, 2.05) is 17.5 Å². The van der Waals surface area contributed by atoms with Gasteiger partial charge in [0, 0.05) is 36.8 Å². The smallest absolute Gasteiger partial charge is 0.185 e. The molecule has 0 radical (unpaired) electrons. The second kappa shape index (κ2) is 6.87. The number of anilines is 1. The van der Waals surface area contributed by atoms with E-state index in [0.717, 1.165) is 26.2 Å². The highest BCUT2D eigenvalue weighted by atomic mass is 32.1. The zero-order chi connectivity index (χ0) is 14.7. The topological polar surface area (TPSA) is 31.4 Å². The highest BCUT2D eigenvalue weighted by molar-refractivity contribution is 7.15. The first-order chi connectivity index (χ1) is 9.47. The molecule has 1 fully saturated rings. The molecule has 20 heavy (non-hydrogen) atoms. The first-order valence-corrected chi connectivity index (χ1v) is 8.35. The van der Waals surface area contributed by atoms with Crippen molar-refractivity contribution in [2.24, 2.45) is 11.8 Å². The Labute approximate surface area is 127 Å². The first kappa shape index (κ1) is 15.7. The third-order valence-corrected chi connectivity index (χ3v) is 4.96. The molecule has 0 spiro atoms. The summed E-state index contributed by atoms with van der Waals surface area (Å²) >= 11 is 1.83. The van der Waals surface area contributed by atoms with Crippen LogP contribution >= 0.6 is 11.3 Å². The van der Waals surface area contributed by atoms with Crippen molar-refractivity contribution in [1.29, 1.82) is 0 Å². The molecule has 1 aromatic heterocycles. The maximum atomic E-state index is 4.61. The first-order valence-electron chi connectivity index (χ1n) is 7.54. The lowest BCUT2D eigenvalue weighted by Crippen LogP contribution is -2.34. The van der Waals surface area contributed by atoms with Crippen LogP contribution in [0.15, 0.2) is 6.20 Å². The van der Waals surface area contributed by atoms with Crippen LogP contribution in [-0.2, 0) is 6.54 Å². The summed E-state index contributed by atoms with van der Waals surface area (Å²) in [7, 11) is 4.35. The molecule has 2 heterocycles. The minimum atomic E-state index is 0.640. The Morgan fingerprint density at radius 3 is 2.80 bits per heavy atom. The summed E-state index contributed by atoms with van der Waals surface area (Å²) in [5.74, 6) is 1.40. The molecule has 2 atom stereocenters. The second-order valence-electron chi connectivity index (χ2n) is 6.55. The predicted molar refractivity (Wildman–Crippen MR) is 87.5 cm³/mol. The molecule has 2 unspecified atom stereocenters. The van der Waals surface area contributed by atoms with Gasteiger partial charge in [-0.05, 0) is 32.5 Å². The van der Waals surface area contributed by atoms with E-state index in [2.05, 4.69) is 55.0 Å². The van der Waals surface area contributed by atoms with Crippen molar-refractivity contribution in [2.75, 3.05) is 38.6 Å². The van der Waals surface area contributed by atoms with Crippen LogP contribution in [0.5, 0.6) is 0 Å². The second-order valence-corrected chi connectivity index (χ2v) is 7.64. The van der Waals surface area contributed by atoms with Gasteiger partial charge in [-0.2, -0.15) is 0 Å². The fourth-order valence-corrected chi connectivity index (χ4v) is 3.68. The normalized spacial score (nSPS) is 23.2. The third kappa shape index (κ3) is 3.93. The van der Waals surface area contributed by atoms with Crippen LogP contribution in [-0.4, -0.2) is 49.7 Å². The van der Waals surface area contributed by atoms with E-state index in [9.17, 15) is 0 Å². The molecule has 0 saturated carbocycles. The van der Waals surface area contributed by atoms with E-state index < -0.39 is 0 Å². The van der Waals surface area contributed by atoms with Crippen molar-refractivity contribution in [2.45, 2.75) is 33.4 Å². The molecular weight excluding hydrogens is 268 g/mol. The largest absolute Gasteiger partial charge is 0.346 e. The number of nitrogens with one attached hydrogen (secondary N) is 1. The summed E-state index contributed by atoms with van der Waals surface area (Å²) < 4.78 is 0. The van der Waals surface area contributed by atoms with Crippen LogP contribution in [0.2, 0.25) is 0 Å². The van der Waals surface area contributed by atoms with Gasteiger partial charge in [0.15, 0.2) is 5.13 Å². The van der Waals surface area contributed by atoms with E-state index in [4.69, 9.17) is 0 Å². The molecule has 0 aromatic carbocycles. The van der Waals surface area contributed by atoms with Crippen molar-refractivity contribution in [3.8, 4) is 0 Å². The fraction of sp³-hybridized carbons (Fsp3) is 0.800. The van der Waals surface area contributed by atoms with Gasteiger partial charge in [0.2, 0.25) is 0 Å². The SMILES string of the molecule is CC(C)CNCc1cnc(N2CC(C)C(N(C)C)C2)s1. The van der Waals surface area contributed by atoms with Gasteiger partial charge in [-0.3, -0.25) is 0 Å². The van der Waals surface area contributed by atoms with Crippen LogP contribution in [0.25, 0.3) is 0 Å². The molecule has 0 aliphatic carbocycles. The molecule has 1 aliphatic heterocycles. The van der Waals surface area contributed by atoms with Crippen LogP contribution in [0.1, 0.15) is 25.6 Å². The molecule has 1 N–H and O–H groups in total. The molecule has 1 aliphatic rings. The van der Waals surface area contributed by atoms with Gasteiger partial charge < -0.3 is 15.1 Å². The lowest BCUT2D eigenvalue weighted by Gasteiger charge is -2.22. The van der Waals surface area contributed by atoms with Gasteiger partial charge in [-0.15, -0.1) is 11.3 Å². The van der Waals surface area contributed by atoms with Crippen molar-refractivity contribution < 1.29 is 0 Å². The summed E-state index contributed by atoms with van der Waals surface area (Å²) in [6, 6.07) is 0.640. The Balaban J connectivity index is 1.89. The summed E-state index contributed by atoms with van der Waals surface area (Å²) in [6.45, 7) is 11.0. The lowest BCUT2D eigenvalue weighted by molar-refractivity contribution is 0.266. The Bertz CT molecular complexity index is 416. The van der Waals surface area contributed by atoms with E-state index in [1.165, 1.54) is 10.0 Å². The standard InChI is InChI=1S/C15H28N4S/c1-11(2)6-16-7-13-8-17-15(20-13)19-9-12(3)14(10-19)18(4)5/h8,11-12,14,16H,6-7,9-10H2,1-5H3. The Kier molecular flexibility index (Phi) is 5.41. The number of nitrogens with zero attached hydrogens (tertiary/aromatic N) is 3. The van der Waals surface area contributed by atoms with Crippen LogP contribution in [0.4, 0.5) is 5.13 Å². The summed E-state index contributed by atoms with van der Waals surface area (Å²) in [5, 5.41) is 4.67. The summed E-state index contributed by atoms with van der Waals surface area (Å²) in [5.41, 5.74) is 0. The van der Waals surface area contributed by atoms with Crippen molar-refractivity contribution >= 4 is 16.5 Å². The molecule has 1 aromatic rings. The molecule has 1 saturated heterocycles.